The monoisotopic (exact) mass is 384 g/mol. The van der Waals surface area contributed by atoms with Gasteiger partial charge in [-0.1, -0.05) is 36.5 Å². The second-order valence-corrected chi connectivity index (χ2v) is 7.40. The van der Waals surface area contributed by atoms with E-state index in [1.165, 1.54) is 16.9 Å². The van der Waals surface area contributed by atoms with Gasteiger partial charge in [-0.3, -0.25) is 9.59 Å². The molecule has 0 atom stereocenters. The van der Waals surface area contributed by atoms with Crippen molar-refractivity contribution in [2.45, 2.75) is 26.7 Å². The third-order valence-corrected chi connectivity index (χ3v) is 5.03. The first-order chi connectivity index (χ1) is 11.4. The molecule has 1 aromatic heterocycles. The van der Waals surface area contributed by atoms with Crippen LogP contribution in [-0.2, 0) is 11.2 Å². The van der Waals surface area contributed by atoms with Crippen LogP contribution >= 0.6 is 34.5 Å². The molecule has 0 saturated heterocycles. The first kappa shape index (κ1) is 18.8. The predicted octanol–water partition coefficient (Wildman–Crippen LogP) is 4.68. The fourth-order valence-corrected chi connectivity index (χ4v) is 3.51. The summed E-state index contributed by atoms with van der Waals surface area (Å²) >= 11 is 13.3. The SMILES string of the molecule is CCCc1cc(C(=O)NCC(=O)Nc2cc(Cl)ccc2Cl)sc1C. The summed E-state index contributed by atoms with van der Waals surface area (Å²) in [6.07, 6.45) is 1.98. The lowest BCUT2D eigenvalue weighted by Gasteiger charge is -2.08. The van der Waals surface area contributed by atoms with Crippen molar-refractivity contribution in [2.75, 3.05) is 11.9 Å². The van der Waals surface area contributed by atoms with Gasteiger partial charge in [-0.25, -0.2) is 0 Å². The quantitative estimate of drug-likeness (QED) is 0.758. The zero-order chi connectivity index (χ0) is 17.7. The highest BCUT2D eigenvalue weighted by atomic mass is 35.5. The van der Waals surface area contributed by atoms with Gasteiger partial charge in [-0.2, -0.15) is 0 Å². The van der Waals surface area contributed by atoms with E-state index >= 15 is 0 Å². The highest BCUT2D eigenvalue weighted by Gasteiger charge is 2.14. The maximum atomic E-state index is 12.2. The molecule has 0 saturated carbocycles. The molecule has 1 heterocycles. The molecule has 0 radical (unpaired) electrons. The maximum absolute atomic E-state index is 12.2. The lowest BCUT2D eigenvalue weighted by molar-refractivity contribution is -0.115. The molecule has 0 spiro atoms. The number of amides is 2. The zero-order valence-corrected chi connectivity index (χ0v) is 15.7. The van der Waals surface area contributed by atoms with Crippen LogP contribution in [0.25, 0.3) is 0 Å². The van der Waals surface area contributed by atoms with Gasteiger partial charge < -0.3 is 10.6 Å². The number of hydrogen-bond acceptors (Lipinski definition) is 3. The predicted molar refractivity (Wildman–Crippen MR) is 100 cm³/mol. The highest BCUT2D eigenvalue weighted by Crippen LogP contribution is 2.25. The molecule has 0 bridgehead atoms. The van der Waals surface area contributed by atoms with Gasteiger partial charge in [0, 0.05) is 9.90 Å². The number of rotatable bonds is 6. The first-order valence-corrected chi connectivity index (χ1v) is 9.10. The normalized spacial score (nSPS) is 10.5. The summed E-state index contributed by atoms with van der Waals surface area (Å²) in [4.78, 5) is 25.9. The van der Waals surface area contributed by atoms with Crippen molar-refractivity contribution in [2.24, 2.45) is 0 Å². The van der Waals surface area contributed by atoms with Gasteiger partial charge in [0.15, 0.2) is 0 Å². The first-order valence-electron chi connectivity index (χ1n) is 7.53. The Labute approximate surface area is 155 Å². The fraction of sp³-hybridized carbons (Fsp3) is 0.294. The highest BCUT2D eigenvalue weighted by molar-refractivity contribution is 7.14. The van der Waals surface area contributed by atoms with E-state index < -0.39 is 0 Å². The van der Waals surface area contributed by atoms with Crippen LogP contribution in [0.2, 0.25) is 10.0 Å². The van der Waals surface area contributed by atoms with Crippen molar-refractivity contribution >= 4 is 52.0 Å². The molecule has 0 aliphatic heterocycles. The van der Waals surface area contributed by atoms with Crippen molar-refractivity contribution in [1.29, 1.82) is 0 Å². The summed E-state index contributed by atoms with van der Waals surface area (Å²) in [5, 5.41) is 6.10. The average molecular weight is 385 g/mol. The summed E-state index contributed by atoms with van der Waals surface area (Å²) in [6.45, 7) is 3.96. The minimum Gasteiger partial charge on any atom is -0.342 e. The molecule has 0 fully saturated rings. The third kappa shape index (κ3) is 4.97. The molecule has 2 amide bonds. The van der Waals surface area contributed by atoms with Gasteiger partial charge in [-0.05, 0) is 43.2 Å². The van der Waals surface area contributed by atoms with Crippen molar-refractivity contribution in [3.63, 3.8) is 0 Å². The van der Waals surface area contributed by atoms with Gasteiger partial charge in [0.1, 0.15) is 0 Å². The summed E-state index contributed by atoms with van der Waals surface area (Å²) in [6, 6.07) is 6.68. The van der Waals surface area contributed by atoms with Crippen LogP contribution in [0.5, 0.6) is 0 Å². The van der Waals surface area contributed by atoms with E-state index in [1.54, 1.807) is 18.2 Å². The number of hydrogen-bond donors (Lipinski definition) is 2. The van der Waals surface area contributed by atoms with Crippen molar-refractivity contribution in [1.82, 2.24) is 5.32 Å². The Morgan fingerprint density at radius 3 is 2.67 bits per heavy atom. The van der Waals surface area contributed by atoms with Gasteiger partial charge in [0.05, 0.1) is 22.1 Å². The zero-order valence-electron chi connectivity index (χ0n) is 13.4. The number of carbonyl (C=O) groups excluding carboxylic acids is 2. The van der Waals surface area contributed by atoms with Crippen LogP contribution in [0.15, 0.2) is 24.3 Å². The minimum atomic E-state index is -0.366. The molecule has 2 N–H and O–H groups in total. The molecule has 0 unspecified atom stereocenters. The van der Waals surface area contributed by atoms with Crippen LogP contribution in [0, 0.1) is 6.92 Å². The van der Waals surface area contributed by atoms with Gasteiger partial charge >= 0.3 is 0 Å². The maximum Gasteiger partial charge on any atom is 0.261 e. The summed E-state index contributed by atoms with van der Waals surface area (Å²) in [5.41, 5.74) is 1.60. The summed E-state index contributed by atoms with van der Waals surface area (Å²) in [5.74, 6) is -0.618. The Kier molecular flexibility index (Phi) is 6.66. The van der Waals surface area contributed by atoms with Crippen LogP contribution in [0.3, 0.4) is 0 Å². The molecule has 0 aliphatic rings. The number of nitrogens with one attached hydrogen (secondary N) is 2. The second-order valence-electron chi connectivity index (χ2n) is 5.30. The standard InChI is InChI=1S/C17H18Cl2N2O2S/c1-3-4-11-7-15(24-10(11)2)17(23)20-9-16(22)21-14-8-12(18)5-6-13(14)19/h5-8H,3-4,9H2,1-2H3,(H,20,23)(H,21,22). The molecular formula is C17H18Cl2N2O2S. The van der Waals surface area contributed by atoms with Gasteiger partial charge in [-0.15, -0.1) is 11.3 Å². The topological polar surface area (TPSA) is 58.2 Å². The van der Waals surface area contributed by atoms with Crippen molar-refractivity contribution in [3.05, 3.63) is 49.6 Å². The molecule has 2 aromatic rings. The number of halogens is 2. The molecule has 2 rings (SSSR count). The summed E-state index contributed by atoms with van der Waals surface area (Å²) in [7, 11) is 0. The third-order valence-electron chi connectivity index (χ3n) is 3.38. The Morgan fingerprint density at radius 2 is 1.96 bits per heavy atom. The molecule has 1 aromatic carbocycles. The van der Waals surface area contributed by atoms with E-state index in [0.29, 0.717) is 20.6 Å². The van der Waals surface area contributed by atoms with E-state index in [2.05, 4.69) is 17.6 Å². The van der Waals surface area contributed by atoms with E-state index in [0.717, 1.165) is 17.7 Å². The molecular weight excluding hydrogens is 367 g/mol. The smallest absolute Gasteiger partial charge is 0.261 e. The number of carbonyl (C=O) groups is 2. The van der Waals surface area contributed by atoms with Crippen molar-refractivity contribution < 1.29 is 9.59 Å². The Balaban J connectivity index is 1.92. The van der Waals surface area contributed by atoms with Crippen LogP contribution in [-0.4, -0.2) is 18.4 Å². The van der Waals surface area contributed by atoms with E-state index in [9.17, 15) is 9.59 Å². The number of anilines is 1. The van der Waals surface area contributed by atoms with E-state index in [4.69, 9.17) is 23.2 Å². The average Bonchev–Trinajstić information content (AvgIpc) is 2.90. The van der Waals surface area contributed by atoms with Crippen LogP contribution in [0.1, 0.15) is 33.5 Å². The van der Waals surface area contributed by atoms with E-state index in [1.807, 2.05) is 13.0 Å². The lowest BCUT2D eigenvalue weighted by atomic mass is 10.1. The number of aryl methyl sites for hydroxylation is 2. The Morgan fingerprint density at radius 1 is 1.21 bits per heavy atom. The largest absolute Gasteiger partial charge is 0.342 e. The molecule has 0 aliphatic carbocycles. The second kappa shape index (κ2) is 8.51. The molecule has 4 nitrogen and oxygen atoms in total. The lowest BCUT2D eigenvalue weighted by Crippen LogP contribution is -2.32. The van der Waals surface area contributed by atoms with Crippen LogP contribution in [0.4, 0.5) is 5.69 Å². The Bertz CT molecular complexity index is 759. The number of benzene rings is 1. The van der Waals surface area contributed by atoms with Crippen molar-refractivity contribution in [3.8, 4) is 0 Å². The minimum absolute atomic E-state index is 0.137. The van der Waals surface area contributed by atoms with E-state index in [-0.39, 0.29) is 18.4 Å². The molecule has 128 valence electrons. The molecule has 7 heteroatoms. The van der Waals surface area contributed by atoms with Gasteiger partial charge in [0.25, 0.3) is 5.91 Å². The Hall–Kier alpha value is -1.56. The molecule has 24 heavy (non-hydrogen) atoms. The number of thiophene rings is 1. The van der Waals surface area contributed by atoms with Gasteiger partial charge in [0.2, 0.25) is 5.91 Å². The fourth-order valence-electron chi connectivity index (χ4n) is 2.18. The van der Waals surface area contributed by atoms with Crippen LogP contribution < -0.4 is 10.6 Å². The summed E-state index contributed by atoms with van der Waals surface area (Å²) < 4.78 is 0.